The molecule has 10 heteroatoms. The number of aliphatic hydroxyl groups is 2. The van der Waals surface area contributed by atoms with Crippen molar-refractivity contribution < 1.29 is 29.7 Å². The molecule has 5 N–H and O–H groups in total. The second kappa shape index (κ2) is 9.32. The van der Waals surface area contributed by atoms with E-state index in [0.29, 0.717) is 23.1 Å². The number of phenols is 1. The standard InChI is InChI=1S/C29H30BrN3O6/c1-32(2)18-12-15(13-8-6-5-7-9-13)24(34)20-16(18)10-14-11-17-23(33(3)4)22(30)21(28(31)38)27(37)29(17,39)26(36)19(14)25(20)35/h5-9,12,14,17,23,34-35,39H,10-11H2,1-4H3,(H2,31,38)/t14-,17-,23-,29-/m1/s1. The number of phenolic OH excluding ortho intramolecular Hbond substituents is 1. The minimum atomic E-state index is -2.61. The number of amides is 1. The number of carbonyl (C=O) groups excluding carboxylic acids is 3. The summed E-state index contributed by atoms with van der Waals surface area (Å²) in [4.78, 5) is 43.5. The average Bonchev–Trinajstić information content (AvgIpc) is 2.86. The van der Waals surface area contributed by atoms with E-state index < -0.39 is 52.3 Å². The molecule has 0 aromatic heterocycles. The van der Waals surface area contributed by atoms with Gasteiger partial charge in [-0.25, -0.2) is 0 Å². The molecule has 0 heterocycles. The Bertz CT molecular complexity index is 1500. The summed E-state index contributed by atoms with van der Waals surface area (Å²) in [6, 6.07) is 10.3. The maximum absolute atomic E-state index is 14.1. The Labute approximate surface area is 234 Å². The quantitative estimate of drug-likeness (QED) is 0.312. The van der Waals surface area contributed by atoms with E-state index in [1.165, 1.54) is 0 Å². The summed E-state index contributed by atoms with van der Waals surface area (Å²) in [7, 11) is 7.16. The molecule has 1 amide bonds. The number of benzene rings is 2. The zero-order valence-electron chi connectivity index (χ0n) is 22.0. The fourth-order valence-corrected chi connectivity index (χ4v) is 7.59. The third kappa shape index (κ3) is 3.76. The van der Waals surface area contributed by atoms with Gasteiger partial charge >= 0.3 is 0 Å². The van der Waals surface area contributed by atoms with Crippen LogP contribution >= 0.6 is 15.9 Å². The van der Waals surface area contributed by atoms with E-state index in [0.717, 1.165) is 5.69 Å². The van der Waals surface area contributed by atoms with Gasteiger partial charge in [-0.15, -0.1) is 0 Å². The van der Waals surface area contributed by atoms with Crippen molar-refractivity contribution in [2.24, 2.45) is 17.6 Å². The smallest absolute Gasteiger partial charge is 0.253 e. The highest BCUT2D eigenvalue weighted by Crippen LogP contribution is 2.55. The Hall–Kier alpha value is -3.47. The Morgan fingerprint density at radius 3 is 2.28 bits per heavy atom. The minimum Gasteiger partial charge on any atom is -0.507 e. The number of ketones is 2. The van der Waals surface area contributed by atoms with Gasteiger partial charge in [0.25, 0.3) is 5.91 Å². The van der Waals surface area contributed by atoms with Gasteiger partial charge in [-0.1, -0.05) is 46.3 Å². The zero-order chi connectivity index (χ0) is 28.5. The Morgan fingerprint density at radius 1 is 1.08 bits per heavy atom. The largest absolute Gasteiger partial charge is 0.507 e. The van der Waals surface area contributed by atoms with Crippen LogP contribution in [-0.4, -0.2) is 77.5 Å². The molecule has 3 aliphatic carbocycles. The first-order valence-electron chi connectivity index (χ1n) is 12.5. The third-order valence-corrected chi connectivity index (χ3v) is 9.09. The molecule has 9 nitrogen and oxygen atoms in total. The lowest BCUT2D eigenvalue weighted by atomic mass is 9.57. The molecule has 0 radical (unpaired) electrons. The first-order valence-corrected chi connectivity index (χ1v) is 13.3. The SMILES string of the molecule is CN(C)c1cc(-c2ccccc2)c(O)c2c1C[C@@H]1C[C@@H]3[C@@H](N(C)C)C(Br)=C(C(N)=O)C(=O)[C@]3(O)C(=O)C1=C2O. The van der Waals surface area contributed by atoms with Crippen molar-refractivity contribution in [1.82, 2.24) is 4.90 Å². The van der Waals surface area contributed by atoms with E-state index in [1.54, 1.807) is 19.0 Å². The first-order chi connectivity index (χ1) is 18.3. The molecular formula is C29H30BrN3O6. The molecule has 39 heavy (non-hydrogen) atoms. The number of primary amides is 1. The molecular weight excluding hydrogens is 566 g/mol. The van der Waals surface area contributed by atoms with Gasteiger partial charge in [-0.2, -0.15) is 0 Å². The predicted octanol–water partition coefficient (Wildman–Crippen LogP) is 2.53. The van der Waals surface area contributed by atoms with Crippen LogP contribution < -0.4 is 10.6 Å². The van der Waals surface area contributed by atoms with Gasteiger partial charge in [-0.3, -0.25) is 14.4 Å². The van der Waals surface area contributed by atoms with Crippen molar-refractivity contribution in [3.8, 4) is 16.9 Å². The summed E-state index contributed by atoms with van der Waals surface area (Å²) in [6.07, 6.45) is 0.465. The van der Waals surface area contributed by atoms with Gasteiger partial charge in [0.15, 0.2) is 5.60 Å². The Balaban J connectivity index is 1.76. The number of hydrogen-bond donors (Lipinski definition) is 4. The summed E-state index contributed by atoms with van der Waals surface area (Å²) >= 11 is 3.36. The van der Waals surface area contributed by atoms with Crippen molar-refractivity contribution in [2.45, 2.75) is 24.5 Å². The van der Waals surface area contributed by atoms with Gasteiger partial charge in [0.2, 0.25) is 11.6 Å². The average molecular weight is 596 g/mol. The molecule has 4 atom stereocenters. The van der Waals surface area contributed by atoms with E-state index in [9.17, 15) is 29.7 Å². The van der Waals surface area contributed by atoms with Crippen LogP contribution in [-0.2, 0) is 20.8 Å². The topological polar surface area (TPSA) is 144 Å². The number of nitrogens with two attached hydrogens (primary N) is 1. The zero-order valence-corrected chi connectivity index (χ0v) is 23.6. The lowest BCUT2D eigenvalue weighted by Gasteiger charge is -2.50. The number of Topliss-reactive ketones (excluding diaryl/α,β-unsaturated/α-hetero) is 2. The maximum Gasteiger partial charge on any atom is 0.253 e. The van der Waals surface area contributed by atoms with Crippen molar-refractivity contribution in [3.63, 3.8) is 0 Å². The molecule has 2 aromatic carbocycles. The molecule has 0 unspecified atom stereocenters. The van der Waals surface area contributed by atoms with Gasteiger partial charge in [-0.05, 0) is 50.0 Å². The summed E-state index contributed by atoms with van der Waals surface area (Å²) < 4.78 is 0.222. The number of rotatable bonds is 4. The number of halogens is 1. The van der Waals surface area contributed by atoms with Gasteiger partial charge in [0.05, 0.1) is 11.1 Å². The van der Waals surface area contributed by atoms with Crippen molar-refractivity contribution >= 4 is 44.9 Å². The number of carbonyl (C=O) groups is 3. The van der Waals surface area contributed by atoms with Crippen LogP contribution in [0.1, 0.15) is 17.5 Å². The number of aliphatic hydroxyl groups excluding tert-OH is 1. The summed E-state index contributed by atoms with van der Waals surface area (Å²) in [5.41, 5.74) is 5.01. The van der Waals surface area contributed by atoms with Crippen molar-refractivity contribution in [3.05, 3.63) is 63.2 Å². The summed E-state index contributed by atoms with van der Waals surface area (Å²) in [6.45, 7) is 0. The Morgan fingerprint density at radius 2 is 1.72 bits per heavy atom. The van der Waals surface area contributed by atoms with E-state index in [4.69, 9.17) is 5.73 Å². The Kier molecular flexibility index (Phi) is 6.48. The highest BCUT2D eigenvalue weighted by Gasteiger charge is 2.64. The summed E-state index contributed by atoms with van der Waals surface area (Å²) in [5.74, 6) is -5.24. The summed E-state index contributed by atoms with van der Waals surface area (Å²) in [5, 5.41) is 34.9. The van der Waals surface area contributed by atoms with Crippen LogP contribution in [0.4, 0.5) is 5.69 Å². The molecule has 2 aromatic rings. The fourth-order valence-electron chi connectivity index (χ4n) is 6.49. The molecule has 0 bridgehead atoms. The second-order valence-electron chi connectivity index (χ2n) is 10.8. The number of aromatic hydroxyl groups is 1. The van der Waals surface area contributed by atoms with Crippen LogP contribution in [0.3, 0.4) is 0 Å². The predicted molar refractivity (Wildman–Crippen MR) is 150 cm³/mol. The molecule has 0 saturated heterocycles. The fraction of sp³-hybridized carbons (Fsp3) is 0.345. The lowest BCUT2D eigenvalue weighted by Crippen LogP contribution is -2.66. The second-order valence-corrected chi connectivity index (χ2v) is 11.7. The minimum absolute atomic E-state index is 0.0981. The highest BCUT2D eigenvalue weighted by atomic mass is 79.9. The first kappa shape index (κ1) is 27.1. The maximum atomic E-state index is 14.1. The number of hydrogen-bond acceptors (Lipinski definition) is 8. The highest BCUT2D eigenvalue weighted by molar-refractivity contribution is 9.11. The van der Waals surface area contributed by atoms with Crippen LogP contribution in [0, 0.1) is 11.8 Å². The molecule has 3 aliphatic rings. The van der Waals surface area contributed by atoms with Crippen LogP contribution in [0.5, 0.6) is 5.75 Å². The van der Waals surface area contributed by atoms with E-state index in [2.05, 4.69) is 15.9 Å². The monoisotopic (exact) mass is 595 g/mol. The van der Waals surface area contributed by atoms with Crippen LogP contribution in [0.2, 0.25) is 0 Å². The number of fused-ring (bicyclic) bond motifs is 3. The van der Waals surface area contributed by atoms with Gasteiger partial charge in [0, 0.05) is 47.4 Å². The van der Waals surface area contributed by atoms with E-state index >= 15 is 0 Å². The van der Waals surface area contributed by atoms with E-state index in [1.807, 2.05) is 55.4 Å². The molecule has 0 aliphatic heterocycles. The number of nitrogens with zero attached hydrogens (tertiary/aromatic N) is 2. The van der Waals surface area contributed by atoms with E-state index in [-0.39, 0.29) is 27.8 Å². The van der Waals surface area contributed by atoms with Gasteiger partial charge in [0.1, 0.15) is 11.5 Å². The number of likely N-dealkylation sites (N-methyl/N-ethyl adjacent to an activating group) is 1. The number of anilines is 1. The van der Waals surface area contributed by atoms with Crippen LogP contribution in [0.25, 0.3) is 16.9 Å². The van der Waals surface area contributed by atoms with Gasteiger partial charge < -0.3 is 30.9 Å². The third-order valence-electron chi connectivity index (χ3n) is 8.22. The van der Waals surface area contributed by atoms with Crippen LogP contribution in [0.15, 0.2) is 52.0 Å². The molecule has 1 fully saturated rings. The molecule has 0 spiro atoms. The molecule has 5 rings (SSSR count). The lowest BCUT2D eigenvalue weighted by molar-refractivity contribution is -0.160. The van der Waals surface area contributed by atoms with Crippen molar-refractivity contribution in [2.75, 3.05) is 33.1 Å². The molecule has 204 valence electrons. The van der Waals surface area contributed by atoms with Crippen molar-refractivity contribution in [1.29, 1.82) is 0 Å². The normalized spacial score (nSPS) is 26.4. The molecule has 1 saturated carbocycles.